The van der Waals surface area contributed by atoms with Crippen LogP contribution >= 0.6 is 11.3 Å². The van der Waals surface area contributed by atoms with Crippen LogP contribution in [0.25, 0.3) is 0 Å². The third-order valence-corrected chi connectivity index (χ3v) is 4.54. The number of thiophene rings is 1. The minimum Gasteiger partial charge on any atom is -0.396 e. The zero-order chi connectivity index (χ0) is 13.3. The maximum atomic E-state index is 12.1. The lowest BCUT2D eigenvalue weighted by Gasteiger charge is -2.18. The van der Waals surface area contributed by atoms with Gasteiger partial charge in [0.25, 0.3) is 0 Å². The maximum Gasteiger partial charge on any atom is 0.178 e. The molecule has 0 radical (unpaired) electrons. The fourth-order valence-corrected chi connectivity index (χ4v) is 3.30. The molecule has 1 saturated carbocycles. The molecule has 0 spiro atoms. The molecule has 0 atom stereocenters. The Morgan fingerprint density at radius 2 is 2.11 bits per heavy atom. The summed E-state index contributed by atoms with van der Waals surface area (Å²) >= 11 is 1.37. The van der Waals surface area contributed by atoms with E-state index in [-0.39, 0.29) is 11.7 Å². The summed E-state index contributed by atoms with van der Waals surface area (Å²) in [5, 5.41) is 10.1. The van der Waals surface area contributed by atoms with Crippen LogP contribution in [0.1, 0.15) is 41.9 Å². The summed E-state index contributed by atoms with van der Waals surface area (Å²) in [4.78, 5) is 14.8. The summed E-state index contributed by atoms with van der Waals surface area (Å²) in [6.45, 7) is 5.68. The van der Waals surface area contributed by atoms with E-state index < -0.39 is 0 Å². The highest BCUT2D eigenvalue weighted by Crippen LogP contribution is 2.42. The lowest BCUT2D eigenvalue weighted by molar-refractivity contribution is 0.0972. The van der Waals surface area contributed by atoms with Crippen LogP contribution < -0.4 is 10.6 Å². The SMILES string of the molecule is CCN(CC)c1sc(C(=O)C2CC2)c(N)c1C#N. The average molecular weight is 263 g/mol. The topological polar surface area (TPSA) is 70.1 Å². The molecule has 0 aliphatic heterocycles. The van der Waals surface area contributed by atoms with Crippen molar-refractivity contribution >= 4 is 27.8 Å². The Kier molecular flexibility index (Phi) is 3.58. The Morgan fingerprint density at radius 3 is 2.56 bits per heavy atom. The van der Waals surface area contributed by atoms with Crippen LogP contribution in [0, 0.1) is 17.2 Å². The Balaban J connectivity index is 2.44. The van der Waals surface area contributed by atoms with Gasteiger partial charge in [-0.2, -0.15) is 5.26 Å². The number of nitrogens with two attached hydrogens (primary N) is 1. The van der Waals surface area contributed by atoms with Crippen LogP contribution in [0.3, 0.4) is 0 Å². The van der Waals surface area contributed by atoms with E-state index in [1.54, 1.807) is 0 Å². The summed E-state index contributed by atoms with van der Waals surface area (Å²) < 4.78 is 0. The predicted octanol–water partition coefficient (Wildman–Crippen LogP) is 2.64. The average Bonchev–Trinajstić information content (AvgIpc) is 3.16. The Morgan fingerprint density at radius 1 is 1.50 bits per heavy atom. The number of nitrogen functional groups attached to an aromatic ring is 1. The summed E-state index contributed by atoms with van der Waals surface area (Å²) in [7, 11) is 0. The van der Waals surface area contributed by atoms with Gasteiger partial charge in [-0.1, -0.05) is 0 Å². The first kappa shape index (κ1) is 12.9. The lowest BCUT2D eigenvalue weighted by Crippen LogP contribution is -2.21. The molecular formula is C13H17N3OS. The molecule has 0 unspecified atom stereocenters. The molecule has 4 nitrogen and oxygen atoms in total. The molecule has 0 bridgehead atoms. The number of Topliss-reactive ketones (excluding diaryl/α,β-unsaturated/α-hetero) is 1. The maximum absolute atomic E-state index is 12.1. The van der Waals surface area contributed by atoms with Crippen molar-refractivity contribution in [1.82, 2.24) is 0 Å². The summed E-state index contributed by atoms with van der Waals surface area (Å²) in [6.07, 6.45) is 1.91. The van der Waals surface area contributed by atoms with Gasteiger partial charge in [-0.05, 0) is 26.7 Å². The Labute approximate surface area is 111 Å². The normalized spacial score (nSPS) is 14.3. The molecule has 1 aliphatic rings. The van der Waals surface area contributed by atoms with Crippen molar-refractivity contribution in [3.8, 4) is 6.07 Å². The van der Waals surface area contributed by atoms with Crippen molar-refractivity contribution in [2.45, 2.75) is 26.7 Å². The van der Waals surface area contributed by atoms with Crippen LogP contribution in [0.4, 0.5) is 10.7 Å². The molecule has 2 rings (SSSR count). The fraction of sp³-hybridized carbons (Fsp3) is 0.538. The highest BCUT2D eigenvalue weighted by Gasteiger charge is 2.34. The number of hydrogen-bond donors (Lipinski definition) is 1. The highest BCUT2D eigenvalue weighted by molar-refractivity contribution is 7.19. The second kappa shape index (κ2) is 4.99. The quantitative estimate of drug-likeness (QED) is 0.829. The monoisotopic (exact) mass is 263 g/mol. The minimum absolute atomic E-state index is 0.118. The largest absolute Gasteiger partial charge is 0.396 e. The van der Waals surface area contributed by atoms with E-state index in [0.717, 1.165) is 30.9 Å². The number of ketones is 1. The second-order valence-corrected chi connectivity index (χ2v) is 5.45. The number of nitriles is 1. The fourth-order valence-electron chi connectivity index (χ4n) is 1.99. The number of hydrogen-bond acceptors (Lipinski definition) is 5. The van der Waals surface area contributed by atoms with Gasteiger partial charge >= 0.3 is 0 Å². The molecule has 18 heavy (non-hydrogen) atoms. The number of carbonyl (C=O) groups excluding carboxylic acids is 1. The van der Waals surface area contributed by atoms with Gasteiger partial charge in [0.05, 0.1) is 10.6 Å². The smallest absolute Gasteiger partial charge is 0.178 e. The number of carbonyl (C=O) groups is 1. The standard InChI is InChI=1S/C13H17N3OS/c1-3-16(4-2)13-9(7-14)10(15)12(18-13)11(17)8-5-6-8/h8H,3-6,15H2,1-2H3. The first-order chi connectivity index (χ1) is 8.63. The zero-order valence-electron chi connectivity index (χ0n) is 10.7. The predicted molar refractivity (Wildman–Crippen MR) is 74.1 cm³/mol. The number of rotatable bonds is 5. The number of nitrogens with zero attached hydrogens (tertiary/aromatic N) is 2. The lowest BCUT2D eigenvalue weighted by atomic mass is 10.1. The number of anilines is 2. The van der Waals surface area contributed by atoms with E-state index in [1.165, 1.54) is 11.3 Å². The van der Waals surface area contributed by atoms with Crippen molar-refractivity contribution in [2.75, 3.05) is 23.7 Å². The minimum atomic E-state index is 0.118. The van der Waals surface area contributed by atoms with Gasteiger partial charge in [-0.15, -0.1) is 11.3 Å². The first-order valence-electron chi connectivity index (χ1n) is 6.25. The molecule has 0 aromatic carbocycles. The van der Waals surface area contributed by atoms with E-state index in [1.807, 2.05) is 13.8 Å². The van der Waals surface area contributed by atoms with Crippen molar-refractivity contribution in [3.05, 3.63) is 10.4 Å². The van der Waals surface area contributed by atoms with Crippen LogP contribution in [0.15, 0.2) is 0 Å². The third kappa shape index (κ3) is 2.08. The van der Waals surface area contributed by atoms with Gasteiger partial charge in [0.15, 0.2) is 5.78 Å². The van der Waals surface area contributed by atoms with Crippen LogP contribution in [-0.2, 0) is 0 Å². The van der Waals surface area contributed by atoms with Gasteiger partial charge in [-0.25, -0.2) is 0 Å². The zero-order valence-corrected chi connectivity index (χ0v) is 11.5. The van der Waals surface area contributed by atoms with Crippen LogP contribution in [0.5, 0.6) is 0 Å². The molecular weight excluding hydrogens is 246 g/mol. The Hall–Kier alpha value is -1.54. The van der Waals surface area contributed by atoms with E-state index in [9.17, 15) is 10.1 Å². The van der Waals surface area contributed by atoms with E-state index in [0.29, 0.717) is 16.1 Å². The van der Waals surface area contributed by atoms with Gasteiger partial charge in [0.2, 0.25) is 0 Å². The molecule has 2 N–H and O–H groups in total. The van der Waals surface area contributed by atoms with Crippen molar-refractivity contribution in [2.24, 2.45) is 5.92 Å². The molecule has 0 saturated heterocycles. The van der Waals surface area contributed by atoms with Crippen molar-refractivity contribution in [3.63, 3.8) is 0 Å². The molecule has 1 aromatic heterocycles. The van der Waals surface area contributed by atoms with E-state index in [2.05, 4.69) is 11.0 Å². The summed E-state index contributed by atoms with van der Waals surface area (Å²) in [6, 6.07) is 2.14. The van der Waals surface area contributed by atoms with Crippen molar-refractivity contribution < 1.29 is 4.79 Å². The van der Waals surface area contributed by atoms with Crippen LogP contribution in [0.2, 0.25) is 0 Å². The van der Waals surface area contributed by atoms with Gasteiger partial charge in [-0.3, -0.25) is 4.79 Å². The second-order valence-electron chi connectivity index (χ2n) is 4.45. The molecule has 1 aliphatic carbocycles. The molecule has 1 aromatic rings. The van der Waals surface area contributed by atoms with Gasteiger partial charge in [0.1, 0.15) is 16.6 Å². The molecule has 5 heteroatoms. The summed E-state index contributed by atoms with van der Waals surface area (Å²) in [5.41, 5.74) is 6.81. The highest BCUT2D eigenvalue weighted by atomic mass is 32.1. The first-order valence-corrected chi connectivity index (χ1v) is 7.07. The Bertz CT molecular complexity index is 507. The van der Waals surface area contributed by atoms with E-state index in [4.69, 9.17) is 5.73 Å². The van der Waals surface area contributed by atoms with Gasteiger partial charge < -0.3 is 10.6 Å². The van der Waals surface area contributed by atoms with Gasteiger partial charge in [0, 0.05) is 19.0 Å². The van der Waals surface area contributed by atoms with Crippen LogP contribution in [-0.4, -0.2) is 18.9 Å². The molecule has 0 amide bonds. The van der Waals surface area contributed by atoms with E-state index >= 15 is 0 Å². The molecule has 1 fully saturated rings. The summed E-state index contributed by atoms with van der Waals surface area (Å²) in [5.74, 6) is 0.259. The van der Waals surface area contributed by atoms with Crippen molar-refractivity contribution in [1.29, 1.82) is 5.26 Å². The molecule has 1 heterocycles. The molecule has 96 valence electrons. The third-order valence-electron chi connectivity index (χ3n) is 3.26.